The van der Waals surface area contributed by atoms with E-state index in [0.717, 1.165) is 0 Å². The third-order valence-corrected chi connectivity index (χ3v) is 2.85. The largest absolute Gasteiger partial charge is 0.474 e. The summed E-state index contributed by atoms with van der Waals surface area (Å²) in [6, 6.07) is 11.0. The van der Waals surface area contributed by atoms with Crippen LogP contribution in [0.1, 0.15) is 6.92 Å². The van der Waals surface area contributed by atoms with Crippen LogP contribution >= 0.6 is 0 Å². The number of nitro benzene ring substituents is 1. The molecule has 0 aromatic heterocycles. The summed E-state index contributed by atoms with van der Waals surface area (Å²) >= 11 is 0. The molecule has 114 valence electrons. The molecule has 0 fully saturated rings. The van der Waals surface area contributed by atoms with Gasteiger partial charge in [-0.25, -0.2) is 4.39 Å². The monoisotopic (exact) mass is 304 g/mol. The van der Waals surface area contributed by atoms with Gasteiger partial charge in [0.15, 0.2) is 11.9 Å². The summed E-state index contributed by atoms with van der Waals surface area (Å²) < 4.78 is 18.1. The van der Waals surface area contributed by atoms with Crippen molar-refractivity contribution in [2.24, 2.45) is 0 Å². The molecule has 0 radical (unpaired) electrons. The molecular weight excluding hydrogens is 291 g/mol. The Morgan fingerprint density at radius 2 is 1.86 bits per heavy atom. The first-order valence-corrected chi connectivity index (χ1v) is 6.44. The Morgan fingerprint density at radius 1 is 1.23 bits per heavy atom. The van der Waals surface area contributed by atoms with Crippen molar-refractivity contribution in [2.45, 2.75) is 13.0 Å². The molecule has 2 aromatic carbocycles. The maximum Gasteiger partial charge on any atom is 0.310 e. The SMILES string of the molecule is CC(Oc1ccccc1[N+](=O)[O-])C(=O)Nc1ccc(F)cc1. The maximum atomic E-state index is 12.8. The van der Waals surface area contributed by atoms with Gasteiger partial charge in [0.25, 0.3) is 5.91 Å². The van der Waals surface area contributed by atoms with E-state index in [1.54, 1.807) is 6.07 Å². The summed E-state index contributed by atoms with van der Waals surface area (Å²) in [6.07, 6.45) is -0.953. The van der Waals surface area contributed by atoms with E-state index in [-0.39, 0.29) is 11.4 Å². The number of ether oxygens (including phenoxy) is 1. The van der Waals surface area contributed by atoms with Gasteiger partial charge in [0.2, 0.25) is 0 Å². The first-order valence-electron chi connectivity index (χ1n) is 6.44. The second-order valence-corrected chi connectivity index (χ2v) is 4.48. The molecular formula is C15H13FN2O4. The van der Waals surface area contributed by atoms with Crippen molar-refractivity contribution in [3.8, 4) is 5.75 Å². The summed E-state index contributed by atoms with van der Waals surface area (Å²) in [6.45, 7) is 1.47. The van der Waals surface area contributed by atoms with Crippen molar-refractivity contribution in [1.29, 1.82) is 0 Å². The minimum atomic E-state index is -0.953. The molecule has 0 saturated carbocycles. The van der Waals surface area contributed by atoms with Crippen LogP contribution in [0.5, 0.6) is 5.75 Å². The predicted octanol–water partition coefficient (Wildman–Crippen LogP) is 3.14. The molecule has 7 heteroatoms. The van der Waals surface area contributed by atoms with E-state index in [0.29, 0.717) is 5.69 Å². The van der Waals surface area contributed by atoms with E-state index in [4.69, 9.17) is 4.74 Å². The number of carbonyl (C=O) groups is 1. The minimum absolute atomic E-state index is 0.00857. The average molecular weight is 304 g/mol. The molecule has 1 amide bonds. The number of carbonyl (C=O) groups excluding carboxylic acids is 1. The lowest BCUT2D eigenvalue weighted by Gasteiger charge is -2.14. The van der Waals surface area contributed by atoms with Crippen LogP contribution in [-0.2, 0) is 4.79 Å². The quantitative estimate of drug-likeness (QED) is 0.679. The van der Waals surface area contributed by atoms with Gasteiger partial charge in [0, 0.05) is 11.8 Å². The summed E-state index contributed by atoms with van der Waals surface area (Å²) in [5.41, 5.74) is 0.188. The van der Waals surface area contributed by atoms with Crippen molar-refractivity contribution >= 4 is 17.3 Å². The Kier molecular flexibility index (Phi) is 4.67. The van der Waals surface area contributed by atoms with E-state index in [9.17, 15) is 19.3 Å². The lowest BCUT2D eigenvalue weighted by Crippen LogP contribution is -2.30. The Hall–Kier alpha value is -2.96. The number of nitrogens with one attached hydrogen (secondary N) is 1. The third-order valence-electron chi connectivity index (χ3n) is 2.85. The number of amides is 1. The number of hydrogen-bond acceptors (Lipinski definition) is 4. The molecule has 1 atom stereocenters. The van der Waals surface area contributed by atoms with Crippen LogP contribution in [0.15, 0.2) is 48.5 Å². The lowest BCUT2D eigenvalue weighted by molar-refractivity contribution is -0.386. The molecule has 2 aromatic rings. The van der Waals surface area contributed by atoms with Crippen LogP contribution in [0, 0.1) is 15.9 Å². The number of halogens is 1. The molecule has 1 unspecified atom stereocenters. The van der Waals surface area contributed by atoms with Gasteiger partial charge in [-0.1, -0.05) is 12.1 Å². The fraction of sp³-hybridized carbons (Fsp3) is 0.133. The Labute approximate surface area is 125 Å². The van der Waals surface area contributed by atoms with Gasteiger partial charge < -0.3 is 10.1 Å². The van der Waals surface area contributed by atoms with E-state index in [1.807, 2.05) is 0 Å². The number of hydrogen-bond donors (Lipinski definition) is 1. The molecule has 0 aliphatic rings. The van der Waals surface area contributed by atoms with Gasteiger partial charge in [-0.2, -0.15) is 0 Å². The van der Waals surface area contributed by atoms with Crippen molar-refractivity contribution in [2.75, 3.05) is 5.32 Å². The summed E-state index contributed by atoms with van der Waals surface area (Å²) in [4.78, 5) is 22.3. The van der Waals surface area contributed by atoms with E-state index in [1.165, 1.54) is 49.4 Å². The number of benzene rings is 2. The maximum absolute atomic E-state index is 12.8. The van der Waals surface area contributed by atoms with Crippen molar-refractivity contribution in [1.82, 2.24) is 0 Å². The van der Waals surface area contributed by atoms with Gasteiger partial charge in [0.05, 0.1) is 4.92 Å². The van der Waals surface area contributed by atoms with E-state index < -0.39 is 22.8 Å². The highest BCUT2D eigenvalue weighted by Crippen LogP contribution is 2.27. The number of nitro groups is 1. The molecule has 0 heterocycles. The van der Waals surface area contributed by atoms with Gasteiger partial charge in [0.1, 0.15) is 5.82 Å². The predicted molar refractivity (Wildman–Crippen MR) is 78.2 cm³/mol. The normalized spacial score (nSPS) is 11.5. The zero-order valence-corrected chi connectivity index (χ0v) is 11.7. The number of nitrogens with zero attached hydrogens (tertiary/aromatic N) is 1. The highest BCUT2D eigenvalue weighted by atomic mass is 19.1. The van der Waals surface area contributed by atoms with Crippen LogP contribution in [0.25, 0.3) is 0 Å². The Bertz CT molecular complexity index is 688. The van der Waals surface area contributed by atoms with Gasteiger partial charge in [-0.05, 0) is 37.3 Å². The highest BCUT2D eigenvalue weighted by molar-refractivity contribution is 5.94. The minimum Gasteiger partial charge on any atom is -0.474 e. The van der Waals surface area contributed by atoms with Gasteiger partial charge in [-0.15, -0.1) is 0 Å². The van der Waals surface area contributed by atoms with Crippen molar-refractivity contribution < 1.29 is 18.8 Å². The van der Waals surface area contributed by atoms with E-state index in [2.05, 4.69) is 5.32 Å². The van der Waals surface area contributed by atoms with Gasteiger partial charge >= 0.3 is 5.69 Å². The smallest absolute Gasteiger partial charge is 0.310 e. The Morgan fingerprint density at radius 3 is 2.50 bits per heavy atom. The molecule has 1 N–H and O–H groups in total. The molecule has 2 rings (SSSR count). The van der Waals surface area contributed by atoms with Crippen LogP contribution in [0.3, 0.4) is 0 Å². The number of para-hydroxylation sites is 2. The number of anilines is 1. The Balaban J connectivity index is 2.05. The third kappa shape index (κ3) is 3.78. The van der Waals surface area contributed by atoms with Crippen LogP contribution in [0.2, 0.25) is 0 Å². The zero-order chi connectivity index (χ0) is 16.1. The molecule has 0 aliphatic heterocycles. The molecule has 0 spiro atoms. The van der Waals surface area contributed by atoms with Crippen molar-refractivity contribution in [3.63, 3.8) is 0 Å². The first kappa shape index (κ1) is 15.4. The molecule has 0 aliphatic carbocycles. The van der Waals surface area contributed by atoms with Crippen molar-refractivity contribution in [3.05, 3.63) is 64.5 Å². The first-order chi connectivity index (χ1) is 10.5. The van der Waals surface area contributed by atoms with Crippen LogP contribution < -0.4 is 10.1 Å². The molecule has 0 saturated heterocycles. The molecule has 6 nitrogen and oxygen atoms in total. The second-order valence-electron chi connectivity index (χ2n) is 4.48. The average Bonchev–Trinajstić information content (AvgIpc) is 2.49. The summed E-state index contributed by atoms with van der Waals surface area (Å²) in [5, 5.41) is 13.4. The molecule has 22 heavy (non-hydrogen) atoms. The van der Waals surface area contributed by atoms with Crippen LogP contribution in [-0.4, -0.2) is 16.9 Å². The lowest BCUT2D eigenvalue weighted by atomic mass is 10.2. The zero-order valence-electron chi connectivity index (χ0n) is 11.7. The van der Waals surface area contributed by atoms with E-state index >= 15 is 0 Å². The topological polar surface area (TPSA) is 81.5 Å². The number of rotatable bonds is 5. The van der Waals surface area contributed by atoms with Gasteiger partial charge in [-0.3, -0.25) is 14.9 Å². The van der Waals surface area contributed by atoms with Crippen LogP contribution in [0.4, 0.5) is 15.8 Å². The fourth-order valence-corrected chi connectivity index (χ4v) is 1.73. The highest BCUT2D eigenvalue weighted by Gasteiger charge is 2.20. The summed E-state index contributed by atoms with van der Waals surface area (Å²) in [7, 11) is 0. The summed E-state index contributed by atoms with van der Waals surface area (Å²) in [5.74, 6) is -0.902. The molecule has 0 bridgehead atoms. The fourth-order valence-electron chi connectivity index (χ4n) is 1.73. The second kappa shape index (κ2) is 6.66. The standard InChI is InChI=1S/C15H13FN2O4/c1-10(15(19)17-12-8-6-11(16)7-9-12)22-14-5-3-2-4-13(14)18(20)21/h2-10H,1H3,(H,17,19).